The highest BCUT2D eigenvalue weighted by Gasteiger charge is 2.20. The molecule has 6 heteroatoms. The molecule has 0 heterocycles. The van der Waals surface area contributed by atoms with Crippen LogP contribution in [0.15, 0.2) is 30.3 Å². The number of hydrogen-bond donors (Lipinski definition) is 2. The maximum Gasteiger partial charge on any atom is 0.212 e. The van der Waals surface area contributed by atoms with E-state index in [0.29, 0.717) is 13.1 Å². The van der Waals surface area contributed by atoms with Gasteiger partial charge in [0.1, 0.15) is 0 Å². The van der Waals surface area contributed by atoms with Crippen LogP contribution in [-0.4, -0.2) is 52.3 Å². The number of benzene rings is 1. The average Bonchev–Trinajstić information content (AvgIpc) is 2.50. The SMILES string of the molecule is CCN(CC)C(CNS(=O)(=O)CCNC)c1ccccc1. The number of sulfonamides is 1. The van der Waals surface area contributed by atoms with Gasteiger partial charge in [0.25, 0.3) is 0 Å². The molecule has 1 atom stereocenters. The fraction of sp³-hybridized carbons (Fsp3) is 0.600. The molecule has 0 aliphatic carbocycles. The largest absolute Gasteiger partial charge is 0.319 e. The zero-order chi connectivity index (χ0) is 15.7. The molecule has 0 spiro atoms. The third kappa shape index (κ3) is 6.13. The molecular weight excluding hydrogens is 286 g/mol. The molecular formula is C15H27N3O2S. The number of nitrogens with zero attached hydrogens (tertiary/aromatic N) is 1. The van der Waals surface area contributed by atoms with Crippen LogP contribution in [0, 0.1) is 0 Å². The summed E-state index contributed by atoms with van der Waals surface area (Å²) in [4.78, 5) is 2.26. The van der Waals surface area contributed by atoms with Crippen molar-refractivity contribution in [3.05, 3.63) is 35.9 Å². The Kier molecular flexibility index (Phi) is 7.88. The van der Waals surface area contributed by atoms with Gasteiger partial charge in [-0.2, -0.15) is 0 Å². The summed E-state index contributed by atoms with van der Waals surface area (Å²) in [6, 6.07) is 10.1. The van der Waals surface area contributed by atoms with Gasteiger partial charge in [-0.15, -0.1) is 0 Å². The summed E-state index contributed by atoms with van der Waals surface area (Å²) in [5.74, 6) is 0.100. The van der Waals surface area contributed by atoms with E-state index in [2.05, 4.69) is 28.8 Å². The molecule has 1 rings (SSSR count). The van der Waals surface area contributed by atoms with Crippen LogP contribution >= 0.6 is 0 Å². The molecule has 0 radical (unpaired) electrons. The van der Waals surface area contributed by atoms with Crippen molar-refractivity contribution >= 4 is 10.0 Å². The van der Waals surface area contributed by atoms with Gasteiger partial charge in [0.2, 0.25) is 10.0 Å². The second kappa shape index (κ2) is 9.15. The molecule has 2 N–H and O–H groups in total. The molecule has 0 saturated carbocycles. The molecule has 1 aromatic carbocycles. The standard InChI is InChI=1S/C15H27N3O2S/c1-4-18(5-2)15(14-9-7-6-8-10-14)13-17-21(19,20)12-11-16-3/h6-10,15-17H,4-5,11-13H2,1-3H3. The Bertz CT molecular complexity index is 487. The van der Waals surface area contributed by atoms with Gasteiger partial charge in [-0.3, -0.25) is 4.90 Å². The number of rotatable bonds is 10. The molecule has 0 aromatic heterocycles. The van der Waals surface area contributed by atoms with Crippen molar-refractivity contribution in [2.75, 3.05) is 39.0 Å². The first kappa shape index (κ1) is 18.1. The summed E-state index contributed by atoms with van der Waals surface area (Å²) in [7, 11) is -1.49. The second-order valence-corrected chi connectivity index (χ2v) is 6.84. The predicted molar refractivity (Wildman–Crippen MR) is 87.8 cm³/mol. The van der Waals surface area contributed by atoms with E-state index in [4.69, 9.17) is 0 Å². The maximum absolute atomic E-state index is 12.0. The van der Waals surface area contributed by atoms with E-state index in [0.717, 1.165) is 18.7 Å². The van der Waals surface area contributed by atoms with Gasteiger partial charge < -0.3 is 5.32 Å². The lowest BCUT2D eigenvalue weighted by Crippen LogP contribution is -2.39. The first-order valence-corrected chi connectivity index (χ1v) is 9.10. The van der Waals surface area contributed by atoms with E-state index >= 15 is 0 Å². The van der Waals surface area contributed by atoms with Crippen molar-refractivity contribution in [2.24, 2.45) is 0 Å². The maximum atomic E-state index is 12.0. The molecule has 0 bridgehead atoms. The Hall–Kier alpha value is -0.950. The van der Waals surface area contributed by atoms with Gasteiger partial charge in [-0.1, -0.05) is 44.2 Å². The lowest BCUT2D eigenvalue weighted by Gasteiger charge is -2.30. The molecule has 0 saturated heterocycles. The Morgan fingerprint density at radius 3 is 2.29 bits per heavy atom. The van der Waals surface area contributed by atoms with E-state index in [-0.39, 0.29) is 11.8 Å². The lowest BCUT2D eigenvalue weighted by molar-refractivity contribution is 0.220. The Balaban J connectivity index is 2.79. The minimum Gasteiger partial charge on any atom is -0.319 e. The number of likely N-dealkylation sites (N-methyl/N-ethyl adjacent to an activating group) is 1. The summed E-state index contributed by atoms with van der Waals surface area (Å²) in [5, 5.41) is 2.86. The molecule has 5 nitrogen and oxygen atoms in total. The van der Waals surface area contributed by atoms with Crippen LogP contribution in [0.5, 0.6) is 0 Å². The van der Waals surface area contributed by atoms with Crippen LogP contribution in [0.25, 0.3) is 0 Å². The van der Waals surface area contributed by atoms with E-state index in [1.807, 2.05) is 30.3 Å². The molecule has 0 aliphatic heterocycles. The quantitative estimate of drug-likeness (QED) is 0.681. The van der Waals surface area contributed by atoms with E-state index in [1.54, 1.807) is 7.05 Å². The fourth-order valence-corrected chi connectivity index (χ4v) is 3.34. The van der Waals surface area contributed by atoms with Crippen LogP contribution in [0.1, 0.15) is 25.5 Å². The van der Waals surface area contributed by atoms with Gasteiger partial charge in [0, 0.05) is 19.1 Å². The lowest BCUT2D eigenvalue weighted by atomic mass is 10.1. The number of hydrogen-bond acceptors (Lipinski definition) is 4. The first-order valence-electron chi connectivity index (χ1n) is 7.45. The van der Waals surface area contributed by atoms with Crippen LogP contribution in [0.2, 0.25) is 0 Å². The molecule has 1 unspecified atom stereocenters. The third-order valence-electron chi connectivity index (χ3n) is 3.55. The molecule has 21 heavy (non-hydrogen) atoms. The topological polar surface area (TPSA) is 61.4 Å². The third-order valence-corrected chi connectivity index (χ3v) is 4.90. The molecule has 1 aromatic rings. The highest BCUT2D eigenvalue weighted by atomic mass is 32.2. The Morgan fingerprint density at radius 2 is 1.76 bits per heavy atom. The van der Waals surface area contributed by atoms with Crippen molar-refractivity contribution < 1.29 is 8.42 Å². The van der Waals surface area contributed by atoms with E-state index in [9.17, 15) is 8.42 Å². The van der Waals surface area contributed by atoms with Crippen molar-refractivity contribution in [3.63, 3.8) is 0 Å². The van der Waals surface area contributed by atoms with Crippen molar-refractivity contribution in [1.29, 1.82) is 0 Å². The smallest absolute Gasteiger partial charge is 0.212 e. The van der Waals surface area contributed by atoms with Crippen LogP contribution in [-0.2, 0) is 10.0 Å². The summed E-state index contributed by atoms with van der Waals surface area (Å²) < 4.78 is 26.6. The van der Waals surface area contributed by atoms with Crippen molar-refractivity contribution in [2.45, 2.75) is 19.9 Å². The van der Waals surface area contributed by atoms with Crippen LogP contribution in [0.4, 0.5) is 0 Å². The molecule has 0 aliphatic rings. The van der Waals surface area contributed by atoms with E-state index in [1.165, 1.54) is 0 Å². The van der Waals surface area contributed by atoms with Crippen LogP contribution in [0.3, 0.4) is 0 Å². The van der Waals surface area contributed by atoms with Gasteiger partial charge >= 0.3 is 0 Å². The number of nitrogens with one attached hydrogen (secondary N) is 2. The zero-order valence-corrected chi connectivity index (χ0v) is 14.0. The normalized spacial score (nSPS) is 13.5. The summed E-state index contributed by atoms with van der Waals surface area (Å²) in [6.45, 7) is 6.81. The van der Waals surface area contributed by atoms with Crippen LogP contribution < -0.4 is 10.0 Å². The van der Waals surface area contributed by atoms with E-state index < -0.39 is 10.0 Å². The highest BCUT2D eigenvalue weighted by molar-refractivity contribution is 7.89. The zero-order valence-electron chi connectivity index (χ0n) is 13.2. The van der Waals surface area contributed by atoms with Crippen molar-refractivity contribution in [1.82, 2.24) is 14.9 Å². The highest BCUT2D eigenvalue weighted by Crippen LogP contribution is 2.19. The minimum atomic E-state index is -3.24. The Morgan fingerprint density at radius 1 is 1.14 bits per heavy atom. The van der Waals surface area contributed by atoms with Gasteiger partial charge in [0.05, 0.1) is 5.75 Å². The monoisotopic (exact) mass is 313 g/mol. The Labute approximate surface area is 128 Å². The minimum absolute atomic E-state index is 0.0607. The van der Waals surface area contributed by atoms with Gasteiger partial charge in [-0.25, -0.2) is 13.1 Å². The molecule has 0 fully saturated rings. The predicted octanol–water partition coefficient (Wildman–Crippen LogP) is 1.21. The van der Waals surface area contributed by atoms with Crippen molar-refractivity contribution in [3.8, 4) is 0 Å². The summed E-state index contributed by atoms with van der Waals surface area (Å²) in [5.41, 5.74) is 1.14. The molecule has 0 amide bonds. The summed E-state index contributed by atoms with van der Waals surface area (Å²) >= 11 is 0. The van der Waals surface area contributed by atoms with Gasteiger partial charge in [0.15, 0.2) is 0 Å². The average molecular weight is 313 g/mol. The summed E-state index contributed by atoms with van der Waals surface area (Å²) in [6.07, 6.45) is 0. The second-order valence-electron chi connectivity index (χ2n) is 4.92. The first-order chi connectivity index (χ1) is 10.0. The van der Waals surface area contributed by atoms with Gasteiger partial charge in [-0.05, 0) is 25.7 Å². The fourth-order valence-electron chi connectivity index (χ4n) is 2.31. The molecule has 120 valence electrons.